The molecule has 1 aliphatic rings. The average molecular weight is 251 g/mol. The van der Waals surface area contributed by atoms with Crippen LogP contribution in [0.5, 0.6) is 0 Å². The van der Waals surface area contributed by atoms with Gasteiger partial charge in [-0.15, -0.1) is 0 Å². The van der Waals surface area contributed by atoms with Crippen LogP contribution < -0.4 is 5.32 Å². The lowest BCUT2D eigenvalue weighted by Crippen LogP contribution is -2.21. The molecule has 1 aliphatic carbocycles. The van der Waals surface area contributed by atoms with Gasteiger partial charge in [0.1, 0.15) is 12.1 Å². The van der Waals surface area contributed by atoms with Crippen LogP contribution in [0.2, 0.25) is 0 Å². The standard InChI is InChI=1S/C13H21N3S/c1-3-17-8-10(2)16-13-11-6-4-5-7-12(11)14-9-15-13/h9-10H,3-8H2,1-2H3,(H,14,15,16). The van der Waals surface area contributed by atoms with E-state index in [1.165, 1.54) is 29.9 Å². The third-order valence-electron chi connectivity index (χ3n) is 3.08. The first-order valence-corrected chi connectivity index (χ1v) is 7.63. The number of hydrogen-bond acceptors (Lipinski definition) is 4. The topological polar surface area (TPSA) is 37.8 Å². The van der Waals surface area contributed by atoms with Crippen LogP contribution in [0.25, 0.3) is 0 Å². The highest BCUT2D eigenvalue weighted by atomic mass is 32.2. The quantitative estimate of drug-likeness (QED) is 0.873. The number of fused-ring (bicyclic) bond motifs is 1. The lowest BCUT2D eigenvalue weighted by Gasteiger charge is -2.20. The summed E-state index contributed by atoms with van der Waals surface area (Å²) in [6, 6.07) is 0.473. The van der Waals surface area contributed by atoms with Gasteiger partial charge in [0.15, 0.2) is 0 Å². The molecule has 94 valence electrons. The fourth-order valence-corrected chi connectivity index (χ4v) is 2.89. The van der Waals surface area contributed by atoms with E-state index < -0.39 is 0 Å². The van der Waals surface area contributed by atoms with Crippen molar-refractivity contribution >= 4 is 17.6 Å². The first kappa shape index (κ1) is 12.7. The van der Waals surface area contributed by atoms with Crippen LogP contribution in [0.3, 0.4) is 0 Å². The first-order chi connectivity index (χ1) is 8.31. The van der Waals surface area contributed by atoms with Crippen molar-refractivity contribution in [2.24, 2.45) is 0 Å². The summed E-state index contributed by atoms with van der Waals surface area (Å²) >= 11 is 1.97. The molecule has 1 aromatic rings. The van der Waals surface area contributed by atoms with Gasteiger partial charge in [-0.1, -0.05) is 6.92 Å². The van der Waals surface area contributed by atoms with Crippen LogP contribution in [0.15, 0.2) is 6.33 Å². The number of aryl methyl sites for hydroxylation is 1. The van der Waals surface area contributed by atoms with Crippen LogP contribution in [0.1, 0.15) is 37.9 Å². The molecule has 0 bridgehead atoms. The summed E-state index contributed by atoms with van der Waals surface area (Å²) in [6.45, 7) is 4.42. The molecule has 1 heterocycles. The summed E-state index contributed by atoms with van der Waals surface area (Å²) in [7, 11) is 0. The van der Waals surface area contributed by atoms with Crippen molar-refractivity contribution in [2.75, 3.05) is 16.8 Å². The highest BCUT2D eigenvalue weighted by Gasteiger charge is 2.16. The van der Waals surface area contributed by atoms with Crippen LogP contribution in [0.4, 0.5) is 5.82 Å². The number of anilines is 1. The monoisotopic (exact) mass is 251 g/mol. The number of thioether (sulfide) groups is 1. The number of rotatable bonds is 5. The maximum absolute atomic E-state index is 4.41. The van der Waals surface area contributed by atoms with E-state index in [1.807, 2.05) is 11.8 Å². The Morgan fingerprint density at radius 2 is 2.18 bits per heavy atom. The maximum Gasteiger partial charge on any atom is 0.133 e. The van der Waals surface area contributed by atoms with Gasteiger partial charge in [-0.25, -0.2) is 9.97 Å². The van der Waals surface area contributed by atoms with Gasteiger partial charge >= 0.3 is 0 Å². The van der Waals surface area contributed by atoms with E-state index in [0.717, 1.165) is 24.4 Å². The van der Waals surface area contributed by atoms with Gasteiger partial charge in [0.05, 0.1) is 0 Å². The smallest absolute Gasteiger partial charge is 0.133 e. The Labute approximate surface area is 108 Å². The van der Waals surface area contributed by atoms with E-state index in [0.29, 0.717) is 6.04 Å². The van der Waals surface area contributed by atoms with Crippen LogP contribution in [-0.2, 0) is 12.8 Å². The molecule has 2 rings (SSSR count). The molecule has 0 radical (unpaired) electrons. The SMILES string of the molecule is CCSCC(C)Nc1ncnc2c1CCCC2. The molecular weight excluding hydrogens is 230 g/mol. The molecule has 1 aromatic heterocycles. The first-order valence-electron chi connectivity index (χ1n) is 6.48. The Morgan fingerprint density at radius 1 is 1.35 bits per heavy atom. The minimum atomic E-state index is 0.473. The van der Waals surface area contributed by atoms with Gasteiger partial charge in [-0.3, -0.25) is 0 Å². The van der Waals surface area contributed by atoms with E-state index in [-0.39, 0.29) is 0 Å². The zero-order chi connectivity index (χ0) is 12.1. The Balaban J connectivity index is 2.05. The molecule has 0 aromatic carbocycles. The summed E-state index contributed by atoms with van der Waals surface area (Å²) in [5.74, 6) is 3.38. The van der Waals surface area contributed by atoms with E-state index in [1.54, 1.807) is 6.33 Å². The van der Waals surface area contributed by atoms with Gasteiger partial charge in [0, 0.05) is 23.1 Å². The largest absolute Gasteiger partial charge is 0.366 e. The van der Waals surface area contributed by atoms with Gasteiger partial charge in [0.2, 0.25) is 0 Å². The molecule has 1 unspecified atom stereocenters. The second-order valence-electron chi connectivity index (χ2n) is 4.56. The van der Waals surface area contributed by atoms with Gasteiger partial charge in [-0.2, -0.15) is 11.8 Å². The molecule has 0 amide bonds. The summed E-state index contributed by atoms with van der Waals surface area (Å²) in [6.07, 6.45) is 6.49. The zero-order valence-corrected chi connectivity index (χ0v) is 11.5. The van der Waals surface area contributed by atoms with Gasteiger partial charge in [0.25, 0.3) is 0 Å². The second kappa shape index (κ2) is 6.24. The molecule has 0 saturated heterocycles. The van der Waals surface area contributed by atoms with Gasteiger partial charge in [-0.05, 0) is 38.4 Å². The third kappa shape index (κ3) is 3.35. The summed E-state index contributed by atoms with van der Waals surface area (Å²) in [5.41, 5.74) is 2.61. The number of hydrogen-bond donors (Lipinski definition) is 1. The highest BCUT2D eigenvalue weighted by Crippen LogP contribution is 2.24. The number of nitrogens with one attached hydrogen (secondary N) is 1. The van der Waals surface area contributed by atoms with Crippen molar-refractivity contribution in [1.82, 2.24) is 9.97 Å². The molecule has 0 fully saturated rings. The summed E-state index contributed by atoms with van der Waals surface area (Å²) in [5, 5.41) is 3.53. The molecule has 1 atom stereocenters. The van der Waals surface area contributed by atoms with Crippen molar-refractivity contribution in [1.29, 1.82) is 0 Å². The molecule has 4 heteroatoms. The zero-order valence-electron chi connectivity index (χ0n) is 10.7. The Kier molecular flexibility index (Phi) is 4.66. The normalized spacial score (nSPS) is 16.4. The van der Waals surface area contributed by atoms with Crippen molar-refractivity contribution in [3.05, 3.63) is 17.6 Å². The fraction of sp³-hybridized carbons (Fsp3) is 0.692. The summed E-state index contributed by atoms with van der Waals surface area (Å²) < 4.78 is 0. The van der Waals surface area contributed by atoms with Crippen LogP contribution in [0, 0.1) is 0 Å². The van der Waals surface area contributed by atoms with E-state index in [4.69, 9.17) is 0 Å². The van der Waals surface area contributed by atoms with Crippen molar-refractivity contribution in [2.45, 2.75) is 45.6 Å². The van der Waals surface area contributed by atoms with Crippen LogP contribution in [-0.4, -0.2) is 27.5 Å². The predicted molar refractivity (Wildman–Crippen MR) is 74.8 cm³/mol. The lowest BCUT2D eigenvalue weighted by atomic mass is 9.96. The Morgan fingerprint density at radius 3 is 3.00 bits per heavy atom. The molecule has 17 heavy (non-hydrogen) atoms. The molecule has 0 spiro atoms. The van der Waals surface area contributed by atoms with Crippen molar-refractivity contribution < 1.29 is 0 Å². The van der Waals surface area contributed by atoms with E-state index in [2.05, 4.69) is 29.1 Å². The minimum Gasteiger partial charge on any atom is -0.366 e. The predicted octanol–water partition coefficient (Wildman–Crippen LogP) is 2.91. The van der Waals surface area contributed by atoms with E-state index >= 15 is 0 Å². The lowest BCUT2D eigenvalue weighted by molar-refractivity contribution is 0.662. The number of aromatic nitrogens is 2. The van der Waals surface area contributed by atoms with Gasteiger partial charge < -0.3 is 5.32 Å². The molecule has 1 N–H and O–H groups in total. The van der Waals surface area contributed by atoms with Crippen molar-refractivity contribution in [3.8, 4) is 0 Å². The molecule has 3 nitrogen and oxygen atoms in total. The highest BCUT2D eigenvalue weighted by molar-refractivity contribution is 7.99. The number of nitrogens with zero attached hydrogens (tertiary/aromatic N) is 2. The fourth-order valence-electron chi connectivity index (χ4n) is 2.22. The van der Waals surface area contributed by atoms with Crippen LogP contribution >= 0.6 is 11.8 Å². The third-order valence-corrected chi connectivity index (χ3v) is 4.22. The molecular formula is C13H21N3S. The maximum atomic E-state index is 4.41. The Bertz CT molecular complexity index is 368. The Hall–Kier alpha value is -0.770. The van der Waals surface area contributed by atoms with E-state index in [9.17, 15) is 0 Å². The average Bonchev–Trinajstić information content (AvgIpc) is 2.37. The minimum absolute atomic E-state index is 0.473. The van der Waals surface area contributed by atoms with Crippen molar-refractivity contribution in [3.63, 3.8) is 0 Å². The second-order valence-corrected chi connectivity index (χ2v) is 5.88. The molecule has 0 saturated carbocycles. The molecule has 0 aliphatic heterocycles. The summed E-state index contributed by atoms with van der Waals surface area (Å²) in [4.78, 5) is 8.80.